The van der Waals surface area contributed by atoms with Crippen molar-refractivity contribution < 1.29 is 4.90 Å². The van der Waals surface area contributed by atoms with Crippen molar-refractivity contribution in [2.45, 2.75) is 32.0 Å². The van der Waals surface area contributed by atoms with Crippen LogP contribution < -0.4 is 4.90 Å². The van der Waals surface area contributed by atoms with Crippen molar-refractivity contribution in [2.75, 3.05) is 6.54 Å². The van der Waals surface area contributed by atoms with Gasteiger partial charge in [0.25, 0.3) is 0 Å². The minimum atomic E-state index is 0.00173. The fraction of sp³-hybridized carbons (Fsp3) is 0.231. The zero-order chi connectivity index (χ0) is 21.8. The molecule has 0 aliphatic carbocycles. The Morgan fingerprint density at radius 2 is 1.69 bits per heavy atom. The molecule has 0 bridgehead atoms. The SMILES string of the molecule is N#Cc1ccc([C@@H](c2nnnn2CCc2ccccc2)[NH+]2CCc3ccccc3C2)cc1. The van der Waals surface area contributed by atoms with Crippen LogP contribution in [0.4, 0.5) is 0 Å². The third-order valence-electron chi connectivity index (χ3n) is 6.31. The van der Waals surface area contributed by atoms with Gasteiger partial charge in [0.2, 0.25) is 5.82 Å². The molecule has 5 rings (SSSR count). The van der Waals surface area contributed by atoms with Gasteiger partial charge >= 0.3 is 0 Å². The summed E-state index contributed by atoms with van der Waals surface area (Å²) in [5.41, 5.74) is 5.88. The molecule has 0 amide bonds. The molecule has 1 aliphatic rings. The maximum atomic E-state index is 9.24. The Kier molecular flexibility index (Phi) is 5.73. The highest BCUT2D eigenvalue weighted by molar-refractivity contribution is 5.34. The predicted octanol–water partition coefficient (Wildman–Crippen LogP) is 2.52. The summed E-state index contributed by atoms with van der Waals surface area (Å²) < 4.78 is 1.95. The number of aryl methyl sites for hydroxylation is 2. The molecule has 32 heavy (non-hydrogen) atoms. The normalized spacial score (nSPS) is 16.2. The fourth-order valence-corrected chi connectivity index (χ4v) is 4.62. The number of hydrogen-bond acceptors (Lipinski definition) is 4. The van der Waals surface area contributed by atoms with Crippen molar-refractivity contribution in [1.82, 2.24) is 20.2 Å². The summed E-state index contributed by atoms with van der Waals surface area (Å²) in [5.74, 6) is 0.875. The van der Waals surface area contributed by atoms with Crippen LogP contribution in [0.25, 0.3) is 0 Å². The lowest BCUT2D eigenvalue weighted by atomic mass is 9.95. The second-order valence-corrected chi connectivity index (χ2v) is 8.27. The Bertz CT molecular complexity index is 1220. The highest BCUT2D eigenvalue weighted by Gasteiger charge is 2.34. The van der Waals surface area contributed by atoms with E-state index in [9.17, 15) is 5.26 Å². The van der Waals surface area contributed by atoms with E-state index in [-0.39, 0.29) is 6.04 Å². The number of rotatable bonds is 6. The van der Waals surface area contributed by atoms with Gasteiger partial charge in [-0.15, -0.1) is 5.10 Å². The summed E-state index contributed by atoms with van der Waals surface area (Å²) in [4.78, 5) is 1.42. The molecule has 1 unspecified atom stereocenters. The molecule has 6 nitrogen and oxygen atoms in total. The largest absolute Gasteiger partial charge is 0.318 e. The van der Waals surface area contributed by atoms with Gasteiger partial charge in [0, 0.05) is 24.1 Å². The van der Waals surface area contributed by atoms with Gasteiger partial charge in [0.05, 0.1) is 18.2 Å². The summed E-state index contributed by atoms with van der Waals surface area (Å²) in [5, 5.41) is 22.1. The summed E-state index contributed by atoms with van der Waals surface area (Å²) in [6.45, 7) is 2.66. The lowest BCUT2D eigenvalue weighted by molar-refractivity contribution is -0.941. The average molecular weight is 422 g/mol. The van der Waals surface area contributed by atoms with E-state index in [2.05, 4.69) is 70.1 Å². The van der Waals surface area contributed by atoms with Crippen LogP contribution in [-0.4, -0.2) is 26.8 Å². The lowest BCUT2D eigenvalue weighted by Crippen LogP contribution is -3.12. The lowest BCUT2D eigenvalue weighted by Gasteiger charge is -2.32. The van der Waals surface area contributed by atoms with Gasteiger partial charge in [-0.2, -0.15) is 5.26 Å². The molecule has 3 aromatic carbocycles. The van der Waals surface area contributed by atoms with E-state index in [1.807, 2.05) is 35.0 Å². The first-order valence-corrected chi connectivity index (χ1v) is 11.0. The molecule has 158 valence electrons. The quantitative estimate of drug-likeness (QED) is 0.519. The van der Waals surface area contributed by atoms with Gasteiger partial charge in [-0.1, -0.05) is 66.7 Å². The summed E-state index contributed by atoms with van der Waals surface area (Å²) in [6, 6.07) is 29.2. The zero-order valence-corrected chi connectivity index (χ0v) is 17.9. The van der Waals surface area contributed by atoms with Crippen LogP contribution in [0.5, 0.6) is 0 Å². The third-order valence-corrected chi connectivity index (χ3v) is 6.31. The molecule has 6 heteroatoms. The first-order chi connectivity index (χ1) is 15.8. The molecule has 0 saturated heterocycles. The van der Waals surface area contributed by atoms with E-state index >= 15 is 0 Å². The fourth-order valence-electron chi connectivity index (χ4n) is 4.62. The Labute approximate surface area is 187 Å². The number of aromatic nitrogens is 4. The first kappa shape index (κ1) is 20.1. The second-order valence-electron chi connectivity index (χ2n) is 8.27. The molecule has 1 aliphatic heterocycles. The van der Waals surface area contributed by atoms with Crippen molar-refractivity contribution in [3.05, 3.63) is 113 Å². The highest BCUT2D eigenvalue weighted by Crippen LogP contribution is 2.21. The zero-order valence-electron chi connectivity index (χ0n) is 17.9. The van der Waals surface area contributed by atoms with E-state index in [0.717, 1.165) is 43.9 Å². The minimum Gasteiger partial charge on any atom is -0.318 e. The van der Waals surface area contributed by atoms with Gasteiger partial charge in [-0.05, 0) is 40.1 Å². The molecule has 2 heterocycles. The highest BCUT2D eigenvalue weighted by atomic mass is 15.5. The number of fused-ring (bicyclic) bond motifs is 1. The third kappa shape index (κ3) is 4.16. The van der Waals surface area contributed by atoms with Crippen LogP contribution in [0.15, 0.2) is 78.9 Å². The Morgan fingerprint density at radius 1 is 0.938 bits per heavy atom. The number of nitrogens with zero attached hydrogens (tertiary/aromatic N) is 5. The smallest absolute Gasteiger partial charge is 0.214 e. The maximum Gasteiger partial charge on any atom is 0.214 e. The van der Waals surface area contributed by atoms with E-state index in [0.29, 0.717) is 5.56 Å². The first-order valence-electron chi connectivity index (χ1n) is 11.0. The van der Waals surface area contributed by atoms with E-state index in [4.69, 9.17) is 0 Å². The van der Waals surface area contributed by atoms with Gasteiger partial charge in [-0.25, -0.2) is 4.68 Å². The van der Waals surface area contributed by atoms with Crippen LogP contribution in [-0.2, 0) is 25.9 Å². The average Bonchev–Trinajstić information content (AvgIpc) is 3.32. The number of quaternary nitrogens is 1. The van der Waals surface area contributed by atoms with Crippen LogP contribution in [0.2, 0.25) is 0 Å². The van der Waals surface area contributed by atoms with Crippen molar-refractivity contribution in [1.29, 1.82) is 5.26 Å². The van der Waals surface area contributed by atoms with Gasteiger partial charge in [0.1, 0.15) is 6.54 Å². The minimum absolute atomic E-state index is 0.00173. The number of tetrazole rings is 1. The van der Waals surface area contributed by atoms with Crippen LogP contribution in [0.1, 0.15) is 39.7 Å². The predicted molar refractivity (Wildman–Crippen MR) is 121 cm³/mol. The van der Waals surface area contributed by atoms with Crippen molar-refractivity contribution >= 4 is 0 Å². The molecule has 4 aromatic rings. The molecule has 0 saturated carbocycles. The Morgan fingerprint density at radius 3 is 2.47 bits per heavy atom. The molecular weight excluding hydrogens is 396 g/mol. The van der Waals surface area contributed by atoms with E-state index < -0.39 is 0 Å². The van der Waals surface area contributed by atoms with Gasteiger partial charge < -0.3 is 4.90 Å². The summed E-state index contributed by atoms with van der Waals surface area (Å²) >= 11 is 0. The summed E-state index contributed by atoms with van der Waals surface area (Å²) in [7, 11) is 0. The molecule has 0 spiro atoms. The molecule has 1 aromatic heterocycles. The number of nitriles is 1. The number of benzene rings is 3. The molecule has 1 N–H and O–H groups in total. The van der Waals surface area contributed by atoms with Gasteiger partial charge in [0.15, 0.2) is 6.04 Å². The Balaban J connectivity index is 1.48. The van der Waals surface area contributed by atoms with Crippen LogP contribution in [0, 0.1) is 11.3 Å². The van der Waals surface area contributed by atoms with Crippen molar-refractivity contribution in [3.63, 3.8) is 0 Å². The monoisotopic (exact) mass is 421 g/mol. The Hall–Kier alpha value is -3.82. The second kappa shape index (κ2) is 9.13. The summed E-state index contributed by atoms with van der Waals surface area (Å²) in [6.07, 6.45) is 1.90. The maximum absolute atomic E-state index is 9.24. The van der Waals surface area contributed by atoms with Gasteiger partial charge in [-0.3, -0.25) is 0 Å². The number of nitrogens with one attached hydrogen (secondary N) is 1. The topological polar surface area (TPSA) is 71.8 Å². The van der Waals surface area contributed by atoms with E-state index in [1.54, 1.807) is 0 Å². The van der Waals surface area contributed by atoms with Crippen LogP contribution >= 0.6 is 0 Å². The molecule has 0 radical (unpaired) electrons. The molecule has 2 atom stereocenters. The van der Waals surface area contributed by atoms with Crippen molar-refractivity contribution in [2.24, 2.45) is 0 Å². The number of hydrogen-bond donors (Lipinski definition) is 1. The standard InChI is InChI=1S/C26H24N6/c27-18-21-10-12-23(13-11-21)25(31-16-15-22-8-4-5-9-24(22)19-31)26-28-29-30-32(26)17-14-20-6-2-1-3-7-20/h1-13,25H,14-17,19H2/p+1/t25-/m0/s1. The molecular formula is C26H25N6+. The molecule has 0 fully saturated rings. The van der Waals surface area contributed by atoms with Crippen molar-refractivity contribution in [3.8, 4) is 6.07 Å². The van der Waals surface area contributed by atoms with Crippen LogP contribution in [0.3, 0.4) is 0 Å². The van der Waals surface area contributed by atoms with E-state index in [1.165, 1.54) is 21.6 Å².